The Morgan fingerprint density at radius 2 is 1.57 bits per heavy atom. The van der Waals surface area contributed by atoms with Gasteiger partial charge in [0.25, 0.3) is 0 Å². The SMILES string of the molecule is Cc1cc(F)ccc1C(CC(N)=S)(C(N)=S)c1ccc(F)cc1. The highest BCUT2D eigenvalue weighted by atomic mass is 32.1. The van der Waals surface area contributed by atoms with Gasteiger partial charge in [-0.25, -0.2) is 8.78 Å². The Balaban J connectivity index is 2.79. The lowest BCUT2D eigenvalue weighted by Crippen LogP contribution is -2.44. The topological polar surface area (TPSA) is 52.0 Å². The van der Waals surface area contributed by atoms with Crippen molar-refractivity contribution in [2.24, 2.45) is 11.5 Å². The van der Waals surface area contributed by atoms with Crippen LogP contribution in [0.4, 0.5) is 8.78 Å². The Morgan fingerprint density at radius 3 is 2.04 bits per heavy atom. The zero-order valence-corrected chi connectivity index (χ0v) is 14.1. The molecule has 0 amide bonds. The van der Waals surface area contributed by atoms with Crippen LogP contribution in [-0.4, -0.2) is 9.98 Å². The average molecular weight is 350 g/mol. The number of hydrogen-bond donors (Lipinski definition) is 2. The van der Waals surface area contributed by atoms with Crippen molar-refractivity contribution < 1.29 is 8.78 Å². The molecule has 0 saturated carbocycles. The minimum absolute atomic E-state index is 0.145. The number of halogens is 2. The summed E-state index contributed by atoms with van der Waals surface area (Å²) in [4.78, 5) is 0.359. The zero-order chi connectivity index (χ0) is 17.2. The van der Waals surface area contributed by atoms with E-state index in [1.807, 2.05) is 0 Å². The van der Waals surface area contributed by atoms with Crippen LogP contribution in [0.3, 0.4) is 0 Å². The number of nitrogens with two attached hydrogens (primary N) is 2. The average Bonchev–Trinajstić information content (AvgIpc) is 2.45. The van der Waals surface area contributed by atoms with Crippen molar-refractivity contribution >= 4 is 34.4 Å². The van der Waals surface area contributed by atoms with Gasteiger partial charge in [-0.2, -0.15) is 0 Å². The first-order valence-electron chi connectivity index (χ1n) is 6.88. The third-order valence-corrected chi connectivity index (χ3v) is 4.34. The van der Waals surface area contributed by atoms with Crippen molar-refractivity contribution in [1.29, 1.82) is 0 Å². The van der Waals surface area contributed by atoms with Gasteiger partial charge >= 0.3 is 0 Å². The molecule has 0 bridgehead atoms. The maximum Gasteiger partial charge on any atom is 0.123 e. The summed E-state index contributed by atoms with van der Waals surface area (Å²) in [6, 6.07) is 10.2. The maximum atomic E-state index is 13.5. The lowest BCUT2D eigenvalue weighted by Gasteiger charge is -2.35. The van der Waals surface area contributed by atoms with Gasteiger partial charge in [0.2, 0.25) is 0 Å². The van der Waals surface area contributed by atoms with Crippen LogP contribution in [0.2, 0.25) is 0 Å². The molecule has 4 N–H and O–H groups in total. The van der Waals surface area contributed by atoms with E-state index in [4.69, 9.17) is 35.9 Å². The van der Waals surface area contributed by atoms with Crippen LogP contribution in [0.25, 0.3) is 0 Å². The largest absolute Gasteiger partial charge is 0.393 e. The van der Waals surface area contributed by atoms with Gasteiger partial charge in [-0.15, -0.1) is 0 Å². The molecule has 1 unspecified atom stereocenters. The van der Waals surface area contributed by atoms with Crippen molar-refractivity contribution in [1.82, 2.24) is 0 Å². The molecule has 0 aromatic heterocycles. The molecule has 6 heteroatoms. The van der Waals surface area contributed by atoms with Gasteiger partial charge < -0.3 is 11.5 Å². The summed E-state index contributed by atoms with van der Waals surface area (Å²) >= 11 is 10.4. The number of hydrogen-bond acceptors (Lipinski definition) is 2. The first kappa shape index (κ1) is 17.4. The molecule has 2 nitrogen and oxygen atoms in total. The van der Waals surface area contributed by atoms with Crippen LogP contribution in [0.15, 0.2) is 42.5 Å². The molecule has 0 aliphatic rings. The van der Waals surface area contributed by atoms with E-state index >= 15 is 0 Å². The van der Waals surface area contributed by atoms with E-state index in [0.717, 1.165) is 0 Å². The molecular formula is C17H16F2N2S2. The van der Waals surface area contributed by atoms with Crippen LogP contribution >= 0.6 is 24.4 Å². The summed E-state index contributed by atoms with van der Waals surface area (Å²) in [5.74, 6) is -0.741. The molecule has 0 spiro atoms. The van der Waals surface area contributed by atoms with Crippen molar-refractivity contribution in [3.63, 3.8) is 0 Å². The molecule has 2 aromatic rings. The highest BCUT2D eigenvalue weighted by molar-refractivity contribution is 7.80. The third-order valence-electron chi connectivity index (χ3n) is 3.85. The van der Waals surface area contributed by atoms with Crippen LogP contribution in [0.5, 0.6) is 0 Å². The minimum Gasteiger partial charge on any atom is -0.393 e. The van der Waals surface area contributed by atoms with Gasteiger partial charge in [0, 0.05) is 6.42 Å². The first-order valence-corrected chi connectivity index (χ1v) is 7.70. The van der Waals surface area contributed by atoms with E-state index < -0.39 is 5.41 Å². The Morgan fingerprint density at radius 1 is 1.00 bits per heavy atom. The Kier molecular flexibility index (Phi) is 5.06. The predicted molar refractivity (Wildman–Crippen MR) is 96.5 cm³/mol. The smallest absolute Gasteiger partial charge is 0.123 e. The highest BCUT2D eigenvalue weighted by Crippen LogP contribution is 2.38. The van der Waals surface area contributed by atoms with E-state index in [1.54, 1.807) is 25.1 Å². The number of benzene rings is 2. The van der Waals surface area contributed by atoms with Crippen LogP contribution < -0.4 is 11.5 Å². The summed E-state index contributed by atoms with van der Waals surface area (Å²) in [6.45, 7) is 1.76. The summed E-state index contributed by atoms with van der Waals surface area (Å²) < 4.78 is 26.8. The zero-order valence-electron chi connectivity index (χ0n) is 12.5. The molecule has 23 heavy (non-hydrogen) atoms. The summed E-state index contributed by atoms with van der Waals surface area (Å²) in [6.07, 6.45) is 0.176. The quantitative estimate of drug-likeness (QED) is 0.810. The predicted octanol–water partition coefficient (Wildman–Crippen LogP) is 3.52. The molecule has 0 fully saturated rings. The monoisotopic (exact) mass is 350 g/mol. The summed E-state index contributed by atoms with van der Waals surface area (Å²) in [5, 5.41) is 0. The van der Waals surface area contributed by atoms with Gasteiger partial charge in [-0.05, 0) is 47.9 Å². The normalized spacial score (nSPS) is 13.3. The second kappa shape index (κ2) is 6.68. The molecule has 0 aliphatic heterocycles. The standard InChI is InChI=1S/C17H16F2N2S2/c1-10-8-13(19)6-7-14(10)17(16(21)23,9-15(20)22)11-2-4-12(18)5-3-11/h2-8H,9H2,1H3,(H2,20,22)(H2,21,23). The molecule has 0 radical (unpaired) electrons. The van der Waals surface area contributed by atoms with Gasteiger partial charge in [0.1, 0.15) is 11.6 Å². The highest BCUT2D eigenvalue weighted by Gasteiger charge is 2.39. The van der Waals surface area contributed by atoms with E-state index in [0.29, 0.717) is 16.7 Å². The molecule has 2 rings (SSSR count). The van der Waals surface area contributed by atoms with E-state index in [9.17, 15) is 8.78 Å². The van der Waals surface area contributed by atoms with Gasteiger partial charge in [0.15, 0.2) is 0 Å². The van der Waals surface area contributed by atoms with Gasteiger partial charge in [-0.1, -0.05) is 42.6 Å². The summed E-state index contributed by atoms with van der Waals surface area (Å²) in [7, 11) is 0. The van der Waals surface area contributed by atoms with E-state index in [2.05, 4.69) is 0 Å². The third kappa shape index (κ3) is 3.38. The number of aryl methyl sites for hydroxylation is 1. The first-order chi connectivity index (χ1) is 10.8. The van der Waals surface area contributed by atoms with E-state index in [-0.39, 0.29) is 28.0 Å². The van der Waals surface area contributed by atoms with Crippen LogP contribution in [0.1, 0.15) is 23.1 Å². The molecule has 120 valence electrons. The second-order valence-corrected chi connectivity index (χ2v) is 6.34. The molecule has 2 aromatic carbocycles. The molecule has 0 saturated heterocycles. The minimum atomic E-state index is -1.01. The number of thiocarbonyl (C=S) groups is 2. The molecule has 0 heterocycles. The summed E-state index contributed by atoms with van der Waals surface area (Å²) in [5.41, 5.74) is 12.8. The van der Waals surface area contributed by atoms with Crippen molar-refractivity contribution in [3.8, 4) is 0 Å². The fraction of sp³-hybridized carbons (Fsp3) is 0.176. The van der Waals surface area contributed by atoms with Crippen molar-refractivity contribution in [2.45, 2.75) is 18.8 Å². The molecule has 0 aliphatic carbocycles. The van der Waals surface area contributed by atoms with Crippen LogP contribution in [-0.2, 0) is 5.41 Å². The Hall–Kier alpha value is -1.92. The molecular weight excluding hydrogens is 334 g/mol. The van der Waals surface area contributed by atoms with Crippen molar-refractivity contribution in [3.05, 3.63) is 70.8 Å². The van der Waals surface area contributed by atoms with Gasteiger partial charge in [-0.3, -0.25) is 0 Å². The fourth-order valence-corrected chi connectivity index (χ4v) is 3.33. The second-order valence-electron chi connectivity index (χ2n) is 5.38. The van der Waals surface area contributed by atoms with E-state index in [1.165, 1.54) is 24.3 Å². The maximum absolute atomic E-state index is 13.5. The number of rotatable bonds is 5. The van der Waals surface area contributed by atoms with Gasteiger partial charge in [0.05, 0.1) is 15.4 Å². The van der Waals surface area contributed by atoms with Crippen molar-refractivity contribution in [2.75, 3.05) is 0 Å². The Bertz CT molecular complexity index is 760. The lowest BCUT2D eigenvalue weighted by molar-refractivity contribution is 0.619. The molecule has 1 atom stereocenters. The fourth-order valence-electron chi connectivity index (χ4n) is 2.82. The lowest BCUT2D eigenvalue weighted by atomic mass is 9.70. The Labute approximate surface area is 144 Å². The van der Waals surface area contributed by atoms with Crippen LogP contribution in [0, 0.1) is 18.6 Å².